The second-order valence-corrected chi connectivity index (χ2v) is 4.06. The molecule has 1 atom stereocenters. The van der Waals surface area contributed by atoms with Gasteiger partial charge in [-0.2, -0.15) is 0 Å². The quantitative estimate of drug-likeness (QED) is 0.808. The molecule has 0 aliphatic carbocycles. The number of phenols is 1. The molecule has 1 aromatic rings. The van der Waals surface area contributed by atoms with Crippen molar-refractivity contribution in [3.63, 3.8) is 0 Å². The first-order chi connectivity index (χ1) is 8.45. The van der Waals surface area contributed by atoms with Crippen LogP contribution in [0.4, 0.5) is 4.39 Å². The van der Waals surface area contributed by atoms with Crippen LogP contribution in [-0.4, -0.2) is 49.3 Å². The van der Waals surface area contributed by atoms with Crippen LogP contribution in [0.25, 0.3) is 0 Å². The number of halogens is 1. The van der Waals surface area contributed by atoms with Crippen LogP contribution in [0.5, 0.6) is 5.75 Å². The number of methoxy groups -OCH3 is 1. The molecule has 1 amide bonds. The lowest BCUT2D eigenvalue weighted by Crippen LogP contribution is -2.41. The maximum absolute atomic E-state index is 13.0. The average molecular weight is 256 g/mol. The molecule has 18 heavy (non-hydrogen) atoms. The van der Waals surface area contributed by atoms with Crippen LogP contribution >= 0.6 is 0 Å². The van der Waals surface area contributed by atoms with E-state index in [0.717, 1.165) is 18.2 Å². The lowest BCUT2D eigenvalue weighted by Gasteiger charge is -2.21. The summed E-state index contributed by atoms with van der Waals surface area (Å²) in [4.78, 5) is 13.3. The lowest BCUT2D eigenvalue weighted by molar-refractivity contribution is 0.0761. The van der Waals surface area contributed by atoms with Gasteiger partial charge >= 0.3 is 0 Å². The van der Waals surface area contributed by atoms with Crippen molar-refractivity contribution in [2.75, 3.05) is 27.3 Å². The molecule has 0 aromatic heterocycles. The largest absolute Gasteiger partial charge is 0.507 e. The van der Waals surface area contributed by atoms with Crippen molar-refractivity contribution < 1.29 is 19.0 Å². The Bertz CT molecular complexity index is 426. The van der Waals surface area contributed by atoms with Gasteiger partial charge in [0.05, 0.1) is 12.2 Å². The van der Waals surface area contributed by atoms with E-state index in [0.29, 0.717) is 6.61 Å². The number of ether oxygens (including phenoxy) is 1. The van der Waals surface area contributed by atoms with E-state index in [1.807, 2.05) is 0 Å². The topological polar surface area (TPSA) is 75.8 Å². The fourth-order valence-corrected chi connectivity index (χ4v) is 1.59. The highest BCUT2D eigenvalue weighted by atomic mass is 19.1. The van der Waals surface area contributed by atoms with E-state index in [4.69, 9.17) is 10.5 Å². The highest BCUT2D eigenvalue weighted by molar-refractivity contribution is 5.96. The number of amides is 1. The molecular formula is C12H17FN2O3. The van der Waals surface area contributed by atoms with Gasteiger partial charge in [-0.3, -0.25) is 4.79 Å². The summed E-state index contributed by atoms with van der Waals surface area (Å²) in [5.41, 5.74) is 5.63. The molecule has 0 radical (unpaired) electrons. The Labute approximate surface area is 105 Å². The van der Waals surface area contributed by atoms with E-state index in [-0.39, 0.29) is 23.9 Å². The molecule has 0 aliphatic rings. The Morgan fingerprint density at radius 3 is 2.89 bits per heavy atom. The van der Waals surface area contributed by atoms with Crippen molar-refractivity contribution in [2.24, 2.45) is 5.73 Å². The van der Waals surface area contributed by atoms with Crippen LogP contribution < -0.4 is 5.73 Å². The van der Waals surface area contributed by atoms with Crippen LogP contribution in [0.15, 0.2) is 18.2 Å². The van der Waals surface area contributed by atoms with E-state index in [2.05, 4.69) is 0 Å². The molecule has 0 heterocycles. The van der Waals surface area contributed by atoms with Crippen LogP contribution in [0.3, 0.4) is 0 Å². The van der Waals surface area contributed by atoms with Crippen molar-refractivity contribution >= 4 is 5.91 Å². The fraction of sp³-hybridized carbons (Fsp3) is 0.417. The van der Waals surface area contributed by atoms with Gasteiger partial charge in [0.25, 0.3) is 5.91 Å². The van der Waals surface area contributed by atoms with Crippen LogP contribution in [0.2, 0.25) is 0 Å². The zero-order valence-corrected chi connectivity index (χ0v) is 10.4. The molecular weight excluding hydrogens is 239 g/mol. The van der Waals surface area contributed by atoms with Crippen molar-refractivity contribution in [1.29, 1.82) is 0 Å². The predicted molar refractivity (Wildman–Crippen MR) is 64.9 cm³/mol. The molecule has 0 fully saturated rings. The molecule has 0 saturated carbocycles. The molecule has 100 valence electrons. The molecule has 0 saturated heterocycles. The summed E-state index contributed by atoms with van der Waals surface area (Å²) in [5, 5.41) is 9.52. The second-order valence-electron chi connectivity index (χ2n) is 4.06. The number of aromatic hydroxyl groups is 1. The van der Waals surface area contributed by atoms with E-state index in [9.17, 15) is 14.3 Å². The third-order valence-corrected chi connectivity index (χ3v) is 2.42. The van der Waals surface area contributed by atoms with Gasteiger partial charge < -0.3 is 20.5 Å². The number of benzene rings is 1. The fourth-order valence-electron chi connectivity index (χ4n) is 1.59. The Morgan fingerprint density at radius 1 is 1.61 bits per heavy atom. The summed E-state index contributed by atoms with van der Waals surface area (Å²) in [6.45, 7) is 0.565. The minimum absolute atomic E-state index is 0.0814. The minimum atomic E-state index is -0.578. The second kappa shape index (κ2) is 6.32. The van der Waals surface area contributed by atoms with Gasteiger partial charge in [-0.25, -0.2) is 4.39 Å². The SMILES string of the molecule is COCC(N)CN(C)C(=O)c1cc(F)ccc1O. The van der Waals surface area contributed by atoms with E-state index >= 15 is 0 Å². The van der Waals surface area contributed by atoms with Crippen LogP contribution in [0.1, 0.15) is 10.4 Å². The molecule has 0 aliphatic heterocycles. The van der Waals surface area contributed by atoms with Crippen molar-refractivity contribution in [3.05, 3.63) is 29.6 Å². The standard InChI is InChI=1S/C12H17FN2O3/c1-15(6-9(14)7-18-2)12(17)10-5-8(13)3-4-11(10)16/h3-5,9,16H,6-7,14H2,1-2H3. The molecule has 1 rings (SSSR count). The number of phenolic OH excluding ortho intramolecular Hbond substituents is 1. The first-order valence-corrected chi connectivity index (χ1v) is 5.44. The van der Waals surface area contributed by atoms with E-state index < -0.39 is 11.7 Å². The molecule has 3 N–H and O–H groups in total. The third kappa shape index (κ3) is 3.68. The summed E-state index contributed by atoms with van der Waals surface area (Å²) < 4.78 is 17.9. The Kier molecular flexibility index (Phi) is 5.06. The van der Waals surface area contributed by atoms with Crippen molar-refractivity contribution in [3.8, 4) is 5.75 Å². The van der Waals surface area contributed by atoms with Gasteiger partial charge in [-0.1, -0.05) is 0 Å². The van der Waals surface area contributed by atoms with Gasteiger partial charge in [0.2, 0.25) is 0 Å². The van der Waals surface area contributed by atoms with Crippen molar-refractivity contribution in [2.45, 2.75) is 6.04 Å². The molecule has 1 aromatic carbocycles. The number of hydrogen-bond acceptors (Lipinski definition) is 4. The monoisotopic (exact) mass is 256 g/mol. The summed E-state index contributed by atoms with van der Waals surface area (Å²) in [5.74, 6) is -1.32. The first-order valence-electron chi connectivity index (χ1n) is 5.44. The van der Waals surface area contributed by atoms with Crippen LogP contribution in [-0.2, 0) is 4.74 Å². The maximum atomic E-state index is 13.0. The summed E-state index contributed by atoms with van der Waals surface area (Å²) >= 11 is 0. The molecule has 0 bridgehead atoms. The molecule has 6 heteroatoms. The first kappa shape index (κ1) is 14.4. The predicted octanol–water partition coefficient (Wildman–Crippen LogP) is 0.577. The summed E-state index contributed by atoms with van der Waals surface area (Å²) in [6, 6.07) is 2.89. The number of rotatable bonds is 5. The van der Waals surface area contributed by atoms with Gasteiger partial charge in [0.15, 0.2) is 0 Å². The number of carbonyl (C=O) groups is 1. The third-order valence-electron chi connectivity index (χ3n) is 2.42. The average Bonchev–Trinajstić information content (AvgIpc) is 2.31. The zero-order valence-electron chi connectivity index (χ0n) is 10.4. The van der Waals surface area contributed by atoms with Gasteiger partial charge in [-0.15, -0.1) is 0 Å². The number of nitrogens with zero attached hydrogens (tertiary/aromatic N) is 1. The Morgan fingerprint density at radius 2 is 2.28 bits per heavy atom. The Balaban J connectivity index is 2.77. The van der Waals surface area contributed by atoms with Gasteiger partial charge in [-0.05, 0) is 18.2 Å². The maximum Gasteiger partial charge on any atom is 0.257 e. The molecule has 1 unspecified atom stereocenters. The number of hydrogen-bond donors (Lipinski definition) is 2. The smallest absolute Gasteiger partial charge is 0.257 e. The van der Waals surface area contributed by atoms with E-state index in [1.54, 1.807) is 0 Å². The highest BCUT2D eigenvalue weighted by Gasteiger charge is 2.18. The minimum Gasteiger partial charge on any atom is -0.507 e. The Hall–Kier alpha value is -1.66. The van der Waals surface area contributed by atoms with E-state index in [1.165, 1.54) is 19.1 Å². The van der Waals surface area contributed by atoms with Crippen LogP contribution in [0, 0.1) is 5.82 Å². The molecule has 5 nitrogen and oxygen atoms in total. The lowest BCUT2D eigenvalue weighted by atomic mass is 10.1. The van der Waals surface area contributed by atoms with Gasteiger partial charge in [0, 0.05) is 26.7 Å². The number of carbonyl (C=O) groups excluding carboxylic acids is 1. The summed E-state index contributed by atoms with van der Waals surface area (Å²) in [7, 11) is 3.04. The summed E-state index contributed by atoms with van der Waals surface area (Å²) in [6.07, 6.45) is 0. The zero-order chi connectivity index (χ0) is 13.7. The van der Waals surface area contributed by atoms with Crippen molar-refractivity contribution in [1.82, 2.24) is 4.90 Å². The van der Waals surface area contributed by atoms with Gasteiger partial charge in [0.1, 0.15) is 11.6 Å². The number of nitrogens with two attached hydrogens (primary N) is 1. The number of likely N-dealkylation sites (N-methyl/N-ethyl adjacent to an activating group) is 1. The molecule has 0 spiro atoms. The normalized spacial score (nSPS) is 12.2. The highest BCUT2D eigenvalue weighted by Crippen LogP contribution is 2.19.